The first-order valence-electron chi connectivity index (χ1n) is 12.8. The minimum atomic E-state index is -0.900. The Bertz CT molecular complexity index is 1050. The van der Waals surface area contributed by atoms with Crippen molar-refractivity contribution in [3.8, 4) is 0 Å². The monoisotopic (exact) mass is 484 g/mol. The number of esters is 1. The summed E-state index contributed by atoms with van der Waals surface area (Å²) in [6.45, 7) is 0.0322. The molecule has 2 fully saturated rings. The van der Waals surface area contributed by atoms with Crippen molar-refractivity contribution in [3.05, 3.63) is 29.6 Å². The van der Waals surface area contributed by atoms with Crippen molar-refractivity contribution in [2.45, 2.75) is 82.6 Å². The summed E-state index contributed by atoms with van der Waals surface area (Å²) < 4.78 is 6.66. The van der Waals surface area contributed by atoms with Crippen LogP contribution in [0.5, 0.6) is 0 Å². The van der Waals surface area contributed by atoms with Gasteiger partial charge in [0.25, 0.3) is 5.91 Å². The number of methoxy groups -OCH3 is 1. The summed E-state index contributed by atoms with van der Waals surface area (Å²) in [5, 5.41) is 15.6. The zero-order valence-corrected chi connectivity index (χ0v) is 20.4. The molecule has 0 spiro atoms. The van der Waals surface area contributed by atoms with Gasteiger partial charge in [-0.25, -0.2) is 4.98 Å². The van der Waals surface area contributed by atoms with E-state index in [4.69, 9.17) is 9.72 Å². The van der Waals surface area contributed by atoms with Crippen molar-refractivity contribution in [3.63, 3.8) is 0 Å². The molecule has 2 saturated carbocycles. The number of aromatic nitrogens is 2. The summed E-state index contributed by atoms with van der Waals surface area (Å²) in [4.78, 5) is 41.3. The Kier molecular flexibility index (Phi) is 8.25. The molecule has 2 heterocycles. The zero-order chi connectivity index (χ0) is 24.8. The first-order chi connectivity index (χ1) is 17.0. The molecule has 190 valence electrons. The Morgan fingerprint density at radius 3 is 2.46 bits per heavy atom. The number of carboxylic acid groups (broad SMARTS) is 1. The van der Waals surface area contributed by atoms with Crippen molar-refractivity contribution in [2.75, 3.05) is 19.0 Å². The van der Waals surface area contributed by atoms with Crippen molar-refractivity contribution in [1.29, 1.82) is 0 Å². The third-order valence-corrected chi connectivity index (χ3v) is 7.46. The second kappa shape index (κ2) is 11.6. The summed E-state index contributed by atoms with van der Waals surface area (Å²) in [7, 11) is 1.36. The molecule has 9 heteroatoms. The number of rotatable bonds is 9. The van der Waals surface area contributed by atoms with E-state index in [0.717, 1.165) is 69.3 Å². The van der Waals surface area contributed by atoms with E-state index in [9.17, 15) is 19.5 Å². The number of nitrogens with zero attached hydrogens (tertiary/aromatic N) is 2. The van der Waals surface area contributed by atoms with Crippen LogP contribution in [0.25, 0.3) is 5.65 Å². The molecule has 0 radical (unpaired) electrons. The molecule has 2 aromatic rings. The highest BCUT2D eigenvalue weighted by Gasteiger charge is 2.28. The Hall–Kier alpha value is -3.10. The number of anilines is 1. The highest BCUT2D eigenvalue weighted by molar-refractivity contribution is 5.95. The maximum atomic E-state index is 13.2. The van der Waals surface area contributed by atoms with Gasteiger partial charge >= 0.3 is 11.9 Å². The molecule has 2 aliphatic rings. The Morgan fingerprint density at radius 2 is 1.80 bits per heavy atom. The van der Waals surface area contributed by atoms with E-state index in [1.54, 1.807) is 18.3 Å². The van der Waals surface area contributed by atoms with Crippen LogP contribution < -0.4 is 10.6 Å². The third-order valence-electron chi connectivity index (χ3n) is 7.46. The maximum absolute atomic E-state index is 13.2. The highest BCUT2D eigenvalue weighted by Crippen LogP contribution is 2.36. The lowest BCUT2D eigenvalue weighted by Gasteiger charge is -2.30. The first-order valence-corrected chi connectivity index (χ1v) is 12.8. The number of carbonyl (C=O) groups is 3. The largest absolute Gasteiger partial charge is 0.481 e. The SMILES string of the molecule is COC(=O)CNc1c(C2CCCCC2)nc2cc(C(=O)NC(CC(=O)O)C3CCCCC3)ccn12. The van der Waals surface area contributed by atoms with E-state index in [-0.39, 0.29) is 36.8 Å². The van der Waals surface area contributed by atoms with E-state index in [2.05, 4.69) is 10.6 Å². The van der Waals surface area contributed by atoms with E-state index < -0.39 is 5.97 Å². The maximum Gasteiger partial charge on any atom is 0.325 e. The minimum absolute atomic E-state index is 0.0322. The normalized spacial score (nSPS) is 18.2. The fraction of sp³-hybridized carbons (Fsp3) is 0.615. The molecule has 0 saturated heterocycles. The second-order valence-electron chi connectivity index (χ2n) is 9.83. The molecule has 9 nitrogen and oxygen atoms in total. The second-order valence-corrected chi connectivity index (χ2v) is 9.83. The quantitative estimate of drug-likeness (QED) is 0.458. The standard InChI is InChI=1S/C26H36N4O5/c1-35-23(33)16-27-25-24(18-10-6-3-7-11-18)29-21-14-19(12-13-30(21)25)26(34)28-20(15-22(31)32)17-8-4-2-5-9-17/h12-14,17-18,20,27H,2-11,15-16H2,1H3,(H,28,34)(H,31,32). The van der Waals surface area contributed by atoms with Crippen molar-refractivity contribution in [2.24, 2.45) is 5.92 Å². The lowest BCUT2D eigenvalue weighted by molar-refractivity contribution is -0.139. The summed E-state index contributed by atoms with van der Waals surface area (Å²) >= 11 is 0. The van der Waals surface area contributed by atoms with Crippen LogP contribution in [0.3, 0.4) is 0 Å². The minimum Gasteiger partial charge on any atom is -0.481 e. The fourth-order valence-corrected chi connectivity index (χ4v) is 5.58. The van der Waals surface area contributed by atoms with Gasteiger partial charge in [0, 0.05) is 23.7 Å². The molecular formula is C26H36N4O5. The van der Waals surface area contributed by atoms with Gasteiger partial charge in [0.05, 0.1) is 19.2 Å². The molecule has 0 bridgehead atoms. The average molecular weight is 485 g/mol. The average Bonchev–Trinajstić information content (AvgIpc) is 3.25. The topological polar surface area (TPSA) is 122 Å². The van der Waals surface area contributed by atoms with Gasteiger partial charge < -0.3 is 20.5 Å². The first kappa shape index (κ1) is 25.0. The van der Waals surface area contributed by atoms with E-state index in [1.807, 2.05) is 4.40 Å². The molecule has 4 rings (SSSR count). The summed E-state index contributed by atoms with van der Waals surface area (Å²) in [6.07, 6.45) is 12.5. The third kappa shape index (κ3) is 6.13. The molecular weight excluding hydrogens is 448 g/mol. The molecule has 0 aromatic carbocycles. The number of amides is 1. The van der Waals surface area contributed by atoms with Crippen molar-refractivity contribution >= 4 is 29.3 Å². The van der Waals surface area contributed by atoms with Gasteiger partial charge in [-0.2, -0.15) is 0 Å². The number of hydrogen-bond acceptors (Lipinski definition) is 6. The van der Waals surface area contributed by atoms with Crippen LogP contribution in [0.4, 0.5) is 5.82 Å². The molecule has 3 N–H and O–H groups in total. The lowest BCUT2D eigenvalue weighted by Crippen LogP contribution is -2.42. The molecule has 1 unspecified atom stereocenters. The Morgan fingerprint density at radius 1 is 1.11 bits per heavy atom. The Balaban J connectivity index is 1.59. The van der Waals surface area contributed by atoms with Gasteiger partial charge in [-0.1, -0.05) is 38.5 Å². The lowest BCUT2D eigenvalue weighted by atomic mass is 9.82. The number of hydrogen-bond donors (Lipinski definition) is 3. The molecule has 2 aromatic heterocycles. The summed E-state index contributed by atoms with van der Waals surface area (Å²) in [6, 6.07) is 3.08. The molecule has 35 heavy (non-hydrogen) atoms. The number of pyridine rings is 1. The van der Waals surface area contributed by atoms with Crippen molar-refractivity contribution in [1.82, 2.24) is 14.7 Å². The van der Waals surface area contributed by atoms with Gasteiger partial charge in [-0.3, -0.25) is 18.8 Å². The van der Waals surface area contributed by atoms with Gasteiger partial charge in [0.1, 0.15) is 18.0 Å². The van der Waals surface area contributed by atoms with Crippen LogP contribution >= 0.6 is 0 Å². The van der Waals surface area contributed by atoms with E-state index >= 15 is 0 Å². The van der Waals surface area contributed by atoms with Crippen LogP contribution in [-0.4, -0.2) is 52.0 Å². The van der Waals surface area contributed by atoms with Crippen LogP contribution in [0.2, 0.25) is 0 Å². The van der Waals surface area contributed by atoms with Crippen LogP contribution in [0.15, 0.2) is 18.3 Å². The number of nitrogens with one attached hydrogen (secondary N) is 2. The zero-order valence-electron chi connectivity index (χ0n) is 20.4. The Labute approximate surface area is 205 Å². The van der Waals surface area contributed by atoms with E-state index in [1.165, 1.54) is 13.5 Å². The smallest absolute Gasteiger partial charge is 0.325 e. The molecule has 1 atom stereocenters. The molecule has 1 amide bonds. The predicted octanol–water partition coefficient (Wildman–Crippen LogP) is 4.12. The van der Waals surface area contributed by atoms with Gasteiger partial charge in [0.2, 0.25) is 0 Å². The predicted molar refractivity (Wildman–Crippen MR) is 132 cm³/mol. The van der Waals surface area contributed by atoms with Gasteiger partial charge in [-0.15, -0.1) is 0 Å². The van der Waals surface area contributed by atoms with Crippen LogP contribution in [-0.2, 0) is 14.3 Å². The number of fused-ring (bicyclic) bond motifs is 1. The number of carboxylic acids is 1. The van der Waals surface area contributed by atoms with Gasteiger partial charge in [0.15, 0.2) is 0 Å². The number of imidazole rings is 1. The fourth-order valence-electron chi connectivity index (χ4n) is 5.58. The number of ether oxygens (including phenoxy) is 1. The number of carbonyl (C=O) groups excluding carboxylic acids is 2. The summed E-state index contributed by atoms with van der Waals surface area (Å²) in [5.74, 6) is -0.301. The van der Waals surface area contributed by atoms with Crippen molar-refractivity contribution < 1.29 is 24.2 Å². The molecule has 0 aliphatic heterocycles. The number of aliphatic carboxylic acids is 1. The van der Waals surface area contributed by atoms with Crippen LogP contribution in [0, 0.1) is 5.92 Å². The molecule has 2 aliphatic carbocycles. The van der Waals surface area contributed by atoms with Gasteiger partial charge in [-0.05, 0) is 43.7 Å². The summed E-state index contributed by atoms with van der Waals surface area (Å²) in [5.41, 5.74) is 1.98. The van der Waals surface area contributed by atoms with E-state index in [0.29, 0.717) is 17.1 Å². The highest BCUT2D eigenvalue weighted by atomic mass is 16.5. The van der Waals surface area contributed by atoms with Crippen LogP contribution in [0.1, 0.15) is 92.6 Å².